The molecule has 4 rings (SSSR count). The van der Waals surface area contributed by atoms with Crippen molar-refractivity contribution in [2.75, 3.05) is 19.4 Å². The van der Waals surface area contributed by atoms with Gasteiger partial charge in [0.15, 0.2) is 0 Å². The van der Waals surface area contributed by atoms with Crippen LogP contribution in [0.15, 0.2) is 6.33 Å². The van der Waals surface area contributed by atoms with Crippen LogP contribution in [0.4, 0.5) is 5.82 Å². The van der Waals surface area contributed by atoms with E-state index in [1.165, 1.54) is 17.7 Å². The minimum absolute atomic E-state index is 0.101. The molecule has 0 spiro atoms. The van der Waals surface area contributed by atoms with Gasteiger partial charge in [0.05, 0.1) is 5.39 Å². The highest BCUT2D eigenvalue weighted by atomic mass is 32.1. The van der Waals surface area contributed by atoms with Gasteiger partial charge >= 0.3 is 0 Å². The molecule has 0 unspecified atom stereocenters. The quantitative estimate of drug-likeness (QED) is 0.940. The Balaban J connectivity index is 1.66. The van der Waals surface area contributed by atoms with Crippen molar-refractivity contribution in [3.8, 4) is 0 Å². The first-order chi connectivity index (χ1) is 12.2. The average molecular weight is 320 g/mol. The Morgan fingerprint density at radius 1 is 1.27 bits per heavy atom. The Bertz CT molecular complexity index is 828. The summed E-state index contributed by atoms with van der Waals surface area (Å²) in [7, 11) is 4.24. The molecule has 1 fully saturated rings. The summed E-state index contributed by atoms with van der Waals surface area (Å²) >= 11 is 1.39. The molecule has 2 aliphatic carbocycles. The molecule has 0 atom stereocenters. The second kappa shape index (κ2) is 5.78. The van der Waals surface area contributed by atoms with Crippen molar-refractivity contribution in [2.45, 2.75) is 56.9 Å². The zero-order valence-electron chi connectivity index (χ0n) is 17.0. The van der Waals surface area contributed by atoms with Gasteiger partial charge in [-0.15, -0.1) is 11.3 Å². The van der Waals surface area contributed by atoms with Crippen molar-refractivity contribution in [2.24, 2.45) is 0 Å². The van der Waals surface area contributed by atoms with Crippen molar-refractivity contribution >= 4 is 27.4 Å². The molecule has 5 heteroatoms. The Morgan fingerprint density at radius 3 is 2.86 bits per heavy atom. The second-order valence-electron chi connectivity index (χ2n) is 6.39. The maximum atomic E-state index is 8.37. The summed E-state index contributed by atoms with van der Waals surface area (Å²) in [6.45, 7) is 0. The van der Waals surface area contributed by atoms with Crippen LogP contribution in [0.2, 0.25) is 0 Å². The fourth-order valence-electron chi connectivity index (χ4n) is 3.49. The van der Waals surface area contributed by atoms with Crippen LogP contribution in [-0.2, 0) is 12.8 Å². The third-order valence-corrected chi connectivity index (χ3v) is 5.89. The Labute approximate surface area is 141 Å². The third kappa shape index (κ3) is 2.50. The molecule has 0 amide bonds. The van der Waals surface area contributed by atoms with Crippen molar-refractivity contribution in [1.82, 2.24) is 14.9 Å². The van der Waals surface area contributed by atoms with E-state index in [2.05, 4.69) is 34.3 Å². The molecule has 2 aromatic heterocycles. The molecule has 2 aromatic rings. The van der Waals surface area contributed by atoms with Gasteiger partial charge < -0.3 is 10.2 Å². The summed E-state index contributed by atoms with van der Waals surface area (Å²) in [6, 6.07) is 0.925. The van der Waals surface area contributed by atoms with E-state index in [0.29, 0.717) is 28.9 Å². The summed E-state index contributed by atoms with van der Waals surface area (Å²) in [4.78, 5) is 12.5. The third-order valence-electron chi connectivity index (χ3n) is 4.79. The van der Waals surface area contributed by atoms with E-state index in [4.69, 9.17) is 5.48 Å². The van der Waals surface area contributed by atoms with Gasteiger partial charge in [0.2, 0.25) is 0 Å². The Hall–Kier alpha value is -1.20. The topological polar surface area (TPSA) is 41.1 Å². The van der Waals surface area contributed by atoms with Crippen molar-refractivity contribution in [3.63, 3.8) is 0 Å². The van der Waals surface area contributed by atoms with E-state index in [1.807, 2.05) is 0 Å². The SMILES string of the molecule is [2H]C1([2H])Cc2sc3ncnc(NC4CCC(N(C)C)CC4)c3c2C1([2H])[2H]. The Morgan fingerprint density at radius 2 is 2.09 bits per heavy atom. The van der Waals surface area contributed by atoms with E-state index in [9.17, 15) is 0 Å². The molecule has 0 bridgehead atoms. The number of thiophene rings is 1. The van der Waals surface area contributed by atoms with Crippen LogP contribution in [0.1, 0.15) is 48.0 Å². The van der Waals surface area contributed by atoms with Crippen molar-refractivity contribution < 1.29 is 5.48 Å². The minimum Gasteiger partial charge on any atom is -0.367 e. The minimum atomic E-state index is -2.02. The lowest BCUT2D eigenvalue weighted by Gasteiger charge is -2.33. The lowest BCUT2D eigenvalue weighted by Crippen LogP contribution is -2.36. The molecule has 118 valence electrons. The molecule has 1 saturated carbocycles. The molecule has 2 aliphatic rings. The number of aromatic nitrogens is 2. The highest BCUT2D eigenvalue weighted by Gasteiger charge is 2.25. The number of aryl methyl sites for hydroxylation is 2. The number of nitrogens with zero attached hydrogens (tertiary/aromatic N) is 3. The highest BCUT2D eigenvalue weighted by Crippen LogP contribution is 2.39. The summed E-state index contributed by atoms with van der Waals surface area (Å²) in [5.41, 5.74) is 0.451. The van der Waals surface area contributed by atoms with Crippen LogP contribution in [-0.4, -0.2) is 41.0 Å². The summed E-state index contributed by atoms with van der Waals surface area (Å²) in [5.74, 6) is 0.655. The van der Waals surface area contributed by atoms with Crippen LogP contribution in [0.3, 0.4) is 0 Å². The first-order valence-corrected chi connectivity index (χ1v) is 8.72. The second-order valence-corrected chi connectivity index (χ2v) is 7.48. The standard InChI is InChI=1S/C17H24N4S/c1-21(2)12-8-6-11(7-9-12)20-16-15-13-4-3-5-14(13)22-17(15)19-10-18-16/h10-12H,3-9H2,1-2H3,(H,18,19,20)/i3D2,4D2. The zero-order chi connectivity index (χ0) is 18.7. The number of hydrogen-bond donors (Lipinski definition) is 1. The van der Waals surface area contributed by atoms with E-state index in [1.54, 1.807) is 0 Å². The van der Waals surface area contributed by atoms with Crippen molar-refractivity contribution in [1.29, 1.82) is 0 Å². The van der Waals surface area contributed by atoms with Gasteiger partial charge in [0, 0.05) is 22.4 Å². The first kappa shape index (κ1) is 10.6. The smallest absolute Gasteiger partial charge is 0.138 e. The molecule has 2 heterocycles. The average Bonchev–Trinajstić information content (AvgIpc) is 3.01. The molecular formula is C17H24N4S. The van der Waals surface area contributed by atoms with E-state index < -0.39 is 12.7 Å². The number of rotatable bonds is 3. The zero-order valence-corrected chi connectivity index (χ0v) is 13.8. The van der Waals surface area contributed by atoms with Crippen LogP contribution in [0.25, 0.3) is 10.2 Å². The van der Waals surface area contributed by atoms with Gasteiger partial charge in [0.25, 0.3) is 0 Å². The maximum absolute atomic E-state index is 8.37. The summed E-state index contributed by atoms with van der Waals surface area (Å²) in [6.07, 6.45) is 2.07. The fraction of sp³-hybridized carbons (Fsp3) is 0.647. The van der Waals surface area contributed by atoms with E-state index >= 15 is 0 Å². The monoisotopic (exact) mass is 320 g/mol. The Kier molecular flexibility index (Phi) is 2.77. The molecule has 0 radical (unpaired) electrons. The number of anilines is 1. The molecule has 0 aromatic carbocycles. The molecule has 0 saturated heterocycles. The van der Waals surface area contributed by atoms with Crippen LogP contribution in [0, 0.1) is 0 Å². The van der Waals surface area contributed by atoms with Crippen molar-refractivity contribution in [3.05, 3.63) is 16.8 Å². The molecule has 1 N–H and O–H groups in total. The van der Waals surface area contributed by atoms with Crippen LogP contribution < -0.4 is 5.32 Å². The van der Waals surface area contributed by atoms with Crippen LogP contribution in [0.5, 0.6) is 0 Å². The lowest BCUT2D eigenvalue weighted by atomic mass is 9.90. The number of fused-ring (bicyclic) bond motifs is 3. The van der Waals surface area contributed by atoms with Gasteiger partial charge in [-0.3, -0.25) is 0 Å². The number of hydrogen-bond acceptors (Lipinski definition) is 5. The number of nitrogens with one attached hydrogen (secondary N) is 1. The van der Waals surface area contributed by atoms with E-state index in [0.717, 1.165) is 35.4 Å². The maximum Gasteiger partial charge on any atom is 0.138 e. The molecule has 0 aliphatic heterocycles. The summed E-state index contributed by atoms with van der Waals surface area (Å²) < 4.78 is 32.9. The molecule has 22 heavy (non-hydrogen) atoms. The molecule has 4 nitrogen and oxygen atoms in total. The van der Waals surface area contributed by atoms with Gasteiger partial charge in [0.1, 0.15) is 17.0 Å². The highest BCUT2D eigenvalue weighted by molar-refractivity contribution is 7.19. The van der Waals surface area contributed by atoms with Gasteiger partial charge in [-0.25, -0.2) is 9.97 Å². The van der Waals surface area contributed by atoms with Gasteiger partial charge in [-0.2, -0.15) is 0 Å². The first-order valence-electron chi connectivity index (χ1n) is 9.90. The predicted molar refractivity (Wildman–Crippen MR) is 92.8 cm³/mol. The molecular weight excluding hydrogens is 292 g/mol. The lowest BCUT2D eigenvalue weighted by molar-refractivity contribution is 0.221. The van der Waals surface area contributed by atoms with Gasteiger partial charge in [-0.1, -0.05) is 0 Å². The van der Waals surface area contributed by atoms with Crippen LogP contribution >= 0.6 is 11.3 Å². The summed E-state index contributed by atoms with van der Waals surface area (Å²) in [5, 5.41) is 4.19. The largest absolute Gasteiger partial charge is 0.367 e. The fourth-order valence-corrected chi connectivity index (χ4v) is 4.52. The van der Waals surface area contributed by atoms with Gasteiger partial charge in [-0.05, 0) is 64.5 Å². The predicted octanol–water partition coefficient (Wildman–Crippen LogP) is 3.46. The van der Waals surface area contributed by atoms with E-state index in [-0.39, 0.29) is 6.42 Å². The normalized spacial score (nSPS) is 32.1.